The molecule has 1 aliphatic rings. The molecule has 3 aromatic rings. The Morgan fingerprint density at radius 1 is 1.29 bits per heavy atom. The fraction of sp³-hybridized carbons (Fsp3) is 0.263. The van der Waals surface area contributed by atoms with Crippen molar-refractivity contribution in [3.8, 4) is 0 Å². The van der Waals surface area contributed by atoms with Gasteiger partial charge in [0.05, 0.1) is 6.04 Å². The van der Waals surface area contributed by atoms with Crippen molar-refractivity contribution >= 4 is 22.6 Å². The number of hydrogen-bond acceptors (Lipinski definition) is 3. The number of hydrogen-bond donors (Lipinski definition) is 2. The monoisotopic (exact) mass is 320 g/mol. The normalized spacial score (nSPS) is 14.6. The number of pyridine rings is 1. The lowest BCUT2D eigenvalue weighted by atomic mass is 10.1. The summed E-state index contributed by atoms with van der Waals surface area (Å²) in [6.45, 7) is 3.72. The Morgan fingerprint density at radius 3 is 2.92 bits per heavy atom. The number of carbonyl (C=O) groups excluding carboxylic acids is 1. The van der Waals surface area contributed by atoms with Crippen LogP contribution in [0, 0.1) is 0 Å². The lowest BCUT2D eigenvalue weighted by Gasteiger charge is -2.40. The SMILES string of the molecule is CCc1cccc2[nH]c(C(=O)NC3CN(c4ccccn4)C3)cc12. The number of aryl methyl sites for hydroxylation is 1. The predicted octanol–water partition coefficient (Wildman–Crippen LogP) is 2.74. The molecule has 3 heterocycles. The summed E-state index contributed by atoms with van der Waals surface area (Å²) >= 11 is 0. The molecule has 24 heavy (non-hydrogen) atoms. The van der Waals surface area contributed by atoms with E-state index < -0.39 is 0 Å². The van der Waals surface area contributed by atoms with Crippen molar-refractivity contribution in [2.24, 2.45) is 0 Å². The van der Waals surface area contributed by atoms with Crippen LogP contribution in [0.1, 0.15) is 23.0 Å². The Hall–Kier alpha value is -2.82. The highest BCUT2D eigenvalue weighted by atomic mass is 16.2. The highest BCUT2D eigenvalue weighted by Crippen LogP contribution is 2.21. The van der Waals surface area contributed by atoms with Gasteiger partial charge in [-0.15, -0.1) is 0 Å². The van der Waals surface area contributed by atoms with Crippen LogP contribution < -0.4 is 10.2 Å². The van der Waals surface area contributed by atoms with Crippen molar-refractivity contribution in [3.05, 3.63) is 59.9 Å². The Kier molecular flexibility index (Phi) is 3.69. The largest absolute Gasteiger partial charge is 0.352 e. The van der Waals surface area contributed by atoms with E-state index in [2.05, 4.69) is 33.2 Å². The van der Waals surface area contributed by atoms with Gasteiger partial charge in [-0.1, -0.05) is 25.1 Å². The summed E-state index contributed by atoms with van der Waals surface area (Å²) in [7, 11) is 0. The number of benzene rings is 1. The van der Waals surface area contributed by atoms with Gasteiger partial charge in [-0.25, -0.2) is 4.98 Å². The van der Waals surface area contributed by atoms with Gasteiger partial charge < -0.3 is 15.2 Å². The topological polar surface area (TPSA) is 61.0 Å². The molecule has 0 unspecified atom stereocenters. The van der Waals surface area contributed by atoms with E-state index in [9.17, 15) is 4.79 Å². The van der Waals surface area contributed by atoms with Crippen LogP contribution in [0.25, 0.3) is 10.9 Å². The maximum Gasteiger partial charge on any atom is 0.268 e. The molecule has 2 aromatic heterocycles. The summed E-state index contributed by atoms with van der Waals surface area (Å²) in [5.41, 5.74) is 2.90. The quantitative estimate of drug-likeness (QED) is 0.777. The van der Waals surface area contributed by atoms with Crippen LogP contribution >= 0.6 is 0 Å². The van der Waals surface area contributed by atoms with Gasteiger partial charge in [0.1, 0.15) is 11.5 Å². The second-order valence-electron chi connectivity index (χ2n) is 6.18. The van der Waals surface area contributed by atoms with Crippen LogP contribution in [0.15, 0.2) is 48.7 Å². The van der Waals surface area contributed by atoms with Crippen molar-refractivity contribution in [1.29, 1.82) is 0 Å². The molecule has 1 aliphatic heterocycles. The first-order valence-corrected chi connectivity index (χ1v) is 8.32. The van der Waals surface area contributed by atoms with Crippen LogP contribution in [-0.4, -0.2) is 35.0 Å². The second-order valence-corrected chi connectivity index (χ2v) is 6.18. The lowest BCUT2D eigenvalue weighted by molar-refractivity contribution is 0.0926. The van der Waals surface area contributed by atoms with E-state index in [1.807, 2.05) is 36.4 Å². The van der Waals surface area contributed by atoms with E-state index in [0.717, 1.165) is 36.2 Å². The number of aromatic nitrogens is 2. The Labute approximate surface area is 140 Å². The molecule has 1 fully saturated rings. The number of nitrogens with one attached hydrogen (secondary N) is 2. The van der Waals surface area contributed by atoms with Gasteiger partial charge in [-0.05, 0) is 36.2 Å². The molecule has 1 amide bonds. The van der Waals surface area contributed by atoms with Gasteiger partial charge in [0.15, 0.2) is 0 Å². The molecule has 1 saturated heterocycles. The molecule has 4 rings (SSSR count). The molecule has 0 saturated carbocycles. The van der Waals surface area contributed by atoms with Crippen molar-refractivity contribution < 1.29 is 4.79 Å². The maximum atomic E-state index is 12.5. The van der Waals surface area contributed by atoms with Gasteiger partial charge in [-0.3, -0.25) is 4.79 Å². The smallest absolute Gasteiger partial charge is 0.268 e. The first-order valence-electron chi connectivity index (χ1n) is 8.32. The number of anilines is 1. The van der Waals surface area contributed by atoms with Crippen LogP contribution in [0.5, 0.6) is 0 Å². The summed E-state index contributed by atoms with van der Waals surface area (Å²) in [6, 6.07) is 14.1. The van der Waals surface area contributed by atoms with E-state index in [4.69, 9.17) is 0 Å². The Morgan fingerprint density at radius 2 is 2.17 bits per heavy atom. The van der Waals surface area contributed by atoms with Crippen molar-refractivity contribution in [2.45, 2.75) is 19.4 Å². The third-order valence-electron chi connectivity index (χ3n) is 4.57. The maximum absolute atomic E-state index is 12.5. The van der Waals surface area contributed by atoms with E-state index in [-0.39, 0.29) is 11.9 Å². The second kappa shape index (κ2) is 6.00. The molecular formula is C19H20N4O. The lowest BCUT2D eigenvalue weighted by Crippen LogP contribution is -2.59. The third-order valence-corrected chi connectivity index (χ3v) is 4.57. The molecule has 0 atom stereocenters. The van der Waals surface area contributed by atoms with Crippen molar-refractivity contribution in [2.75, 3.05) is 18.0 Å². The molecule has 5 nitrogen and oxygen atoms in total. The number of fused-ring (bicyclic) bond motifs is 1. The molecule has 0 spiro atoms. The fourth-order valence-electron chi connectivity index (χ4n) is 3.21. The Bertz CT molecular complexity index is 865. The van der Waals surface area contributed by atoms with Crippen molar-refractivity contribution in [3.63, 3.8) is 0 Å². The van der Waals surface area contributed by atoms with E-state index in [0.29, 0.717) is 5.69 Å². The van der Waals surface area contributed by atoms with Crippen LogP contribution in [0.3, 0.4) is 0 Å². The van der Waals surface area contributed by atoms with E-state index >= 15 is 0 Å². The van der Waals surface area contributed by atoms with E-state index in [1.165, 1.54) is 5.56 Å². The zero-order chi connectivity index (χ0) is 16.5. The molecule has 0 bridgehead atoms. The minimum absolute atomic E-state index is 0.0427. The van der Waals surface area contributed by atoms with Crippen LogP contribution in [-0.2, 0) is 6.42 Å². The predicted molar refractivity (Wildman–Crippen MR) is 95.4 cm³/mol. The first kappa shape index (κ1) is 14.8. The zero-order valence-electron chi connectivity index (χ0n) is 13.6. The van der Waals surface area contributed by atoms with Gasteiger partial charge in [0.25, 0.3) is 5.91 Å². The highest BCUT2D eigenvalue weighted by Gasteiger charge is 2.29. The summed E-state index contributed by atoms with van der Waals surface area (Å²) in [5, 5.41) is 4.22. The highest BCUT2D eigenvalue weighted by molar-refractivity contribution is 5.99. The Balaban J connectivity index is 1.42. The standard InChI is InChI=1S/C19H20N4O/c1-2-13-6-5-7-16-15(13)10-17(22-16)19(24)21-14-11-23(12-14)18-8-3-4-9-20-18/h3-10,14,22H,2,11-12H2,1H3,(H,21,24). The van der Waals surface area contributed by atoms with Gasteiger partial charge in [0.2, 0.25) is 0 Å². The van der Waals surface area contributed by atoms with Gasteiger partial charge in [0, 0.05) is 30.2 Å². The summed E-state index contributed by atoms with van der Waals surface area (Å²) in [5.74, 6) is 0.917. The number of amides is 1. The summed E-state index contributed by atoms with van der Waals surface area (Å²) < 4.78 is 0. The van der Waals surface area contributed by atoms with Crippen LogP contribution in [0.2, 0.25) is 0 Å². The zero-order valence-corrected chi connectivity index (χ0v) is 13.6. The van der Waals surface area contributed by atoms with Crippen LogP contribution in [0.4, 0.5) is 5.82 Å². The number of carbonyl (C=O) groups is 1. The average molecular weight is 320 g/mol. The van der Waals surface area contributed by atoms with Crippen molar-refractivity contribution in [1.82, 2.24) is 15.3 Å². The average Bonchev–Trinajstić information content (AvgIpc) is 3.02. The van der Waals surface area contributed by atoms with Gasteiger partial charge in [-0.2, -0.15) is 0 Å². The molecule has 0 radical (unpaired) electrons. The minimum Gasteiger partial charge on any atom is -0.352 e. The number of aromatic amines is 1. The molecule has 2 N–H and O–H groups in total. The summed E-state index contributed by atoms with van der Waals surface area (Å²) in [6.07, 6.45) is 2.74. The molecular weight excluding hydrogens is 300 g/mol. The molecule has 1 aromatic carbocycles. The molecule has 5 heteroatoms. The minimum atomic E-state index is -0.0427. The number of rotatable bonds is 4. The molecule has 0 aliphatic carbocycles. The summed E-state index contributed by atoms with van der Waals surface area (Å²) in [4.78, 5) is 22.2. The molecule has 122 valence electrons. The van der Waals surface area contributed by atoms with E-state index in [1.54, 1.807) is 6.20 Å². The number of H-pyrrole nitrogens is 1. The first-order chi connectivity index (χ1) is 11.7. The van der Waals surface area contributed by atoms with Gasteiger partial charge >= 0.3 is 0 Å². The number of nitrogens with zero attached hydrogens (tertiary/aromatic N) is 2. The third kappa shape index (κ3) is 2.62. The fourth-order valence-corrected chi connectivity index (χ4v) is 3.21.